The Morgan fingerprint density at radius 2 is 2.00 bits per heavy atom. The Labute approximate surface area is 121 Å². The molecule has 3 N–H and O–H groups in total. The van der Waals surface area contributed by atoms with Gasteiger partial charge in [0, 0.05) is 37.0 Å². The summed E-state index contributed by atoms with van der Waals surface area (Å²) in [6.07, 6.45) is 1.53. The molecule has 108 valence electrons. The molecule has 0 saturated heterocycles. The van der Waals surface area contributed by atoms with Crippen LogP contribution in [0.2, 0.25) is 0 Å². The third kappa shape index (κ3) is 3.83. The Balaban J connectivity index is 1.98. The highest BCUT2D eigenvalue weighted by Gasteiger charge is 2.07. The van der Waals surface area contributed by atoms with E-state index in [1.165, 1.54) is 18.3 Å². The summed E-state index contributed by atoms with van der Waals surface area (Å²) in [6.45, 7) is 0.556. The van der Waals surface area contributed by atoms with Crippen LogP contribution in [0.15, 0.2) is 42.6 Å². The van der Waals surface area contributed by atoms with E-state index in [1.54, 1.807) is 24.3 Å². The summed E-state index contributed by atoms with van der Waals surface area (Å²) >= 11 is 0. The Kier molecular flexibility index (Phi) is 4.57. The molecule has 21 heavy (non-hydrogen) atoms. The van der Waals surface area contributed by atoms with Crippen molar-refractivity contribution in [2.45, 2.75) is 13.1 Å². The summed E-state index contributed by atoms with van der Waals surface area (Å²) in [5.74, 6) is -0.245. The van der Waals surface area contributed by atoms with Crippen LogP contribution in [0.25, 0.3) is 0 Å². The maximum Gasteiger partial charge on any atom is 0.269 e. The third-order valence-corrected chi connectivity index (χ3v) is 2.89. The largest absolute Gasteiger partial charge is 0.348 e. The first kappa shape index (κ1) is 14.6. The molecule has 0 spiro atoms. The van der Waals surface area contributed by atoms with Gasteiger partial charge in [-0.3, -0.25) is 19.9 Å². The van der Waals surface area contributed by atoms with Crippen LogP contribution in [0.3, 0.4) is 0 Å². The van der Waals surface area contributed by atoms with Crippen molar-refractivity contribution >= 4 is 11.6 Å². The lowest BCUT2D eigenvalue weighted by Crippen LogP contribution is -2.23. The minimum absolute atomic E-state index is 0.0202. The molecule has 0 saturated carbocycles. The number of hydrogen-bond donors (Lipinski definition) is 2. The van der Waals surface area contributed by atoms with E-state index in [0.717, 1.165) is 5.56 Å². The average molecular weight is 286 g/mol. The predicted molar refractivity (Wildman–Crippen MR) is 76.4 cm³/mol. The summed E-state index contributed by atoms with van der Waals surface area (Å²) in [5.41, 5.74) is 7.39. The van der Waals surface area contributed by atoms with Crippen LogP contribution in [-0.4, -0.2) is 15.8 Å². The quantitative estimate of drug-likeness (QED) is 0.637. The number of nitro benzene ring substituents is 1. The van der Waals surface area contributed by atoms with Gasteiger partial charge in [-0.1, -0.05) is 12.1 Å². The molecule has 0 aliphatic heterocycles. The number of carbonyl (C=O) groups excluding carboxylic acids is 1. The standard InChI is InChI=1S/C14H14N4O3/c15-8-12-7-11(5-6-16-12)14(19)17-9-10-1-3-13(4-2-10)18(20)21/h1-7H,8-9,15H2,(H,17,19). The first-order valence-electron chi connectivity index (χ1n) is 6.26. The minimum atomic E-state index is -0.465. The third-order valence-electron chi connectivity index (χ3n) is 2.89. The van der Waals surface area contributed by atoms with E-state index >= 15 is 0 Å². The number of hydrogen-bond acceptors (Lipinski definition) is 5. The molecule has 1 aromatic carbocycles. The second-order valence-corrected chi connectivity index (χ2v) is 4.35. The zero-order chi connectivity index (χ0) is 15.2. The number of nitro groups is 1. The molecule has 1 heterocycles. The highest BCUT2D eigenvalue weighted by molar-refractivity contribution is 5.94. The normalized spacial score (nSPS) is 10.1. The van der Waals surface area contributed by atoms with Gasteiger partial charge in [-0.05, 0) is 17.7 Å². The molecule has 7 heteroatoms. The Hall–Kier alpha value is -2.80. The molecule has 0 aliphatic carbocycles. The van der Waals surface area contributed by atoms with Gasteiger partial charge in [0.1, 0.15) is 0 Å². The predicted octanol–water partition coefficient (Wildman–Crippen LogP) is 1.38. The second kappa shape index (κ2) is 6.58. The Bertz CT molecular complexity index is 656. The Morgan fingerprint density at radius 3 is 2.62 bits per heavy atom. The van der Waals surface area contributed by atoms with Crippen molar-refractivity contribution in [3.63, 3.8) is 0 Å². The van der Waals surface area contributed by atoms with Crippen LogP contribution in [-0.2, 0) is 13.1 Å². The van der Waals surface area contributed by atoms with E-state index in [1.807, 2.05) is 0 Å². The maximum atomic E-state index is 12.0. The van der Waals surface area contributed by atoms with Crippen molar-refractivity contribution in [3.8, 4) is 0 Å². The molecular formula is C14H14N4O3. The van der Waals surface area contributed by atoms with Crippen LogP contribution in [0, 0.1) is 10.1 Å². The fourth-order valence-corrected chi connectivity index (χ4v) is 1.75. The molecule has 1 aromatic heterocycles. The Morgan fingerprint density at radius 1 is 1.29 bits per heavy atom. The van der Waals surface area contributed by atoms with Gasteiger partial charge in [0.15, 0.2) is 0 Å². The van der Waals surface area contributed by atoms with Gasteiger partial charge in [-0.2, -0.15) is 0 Å². The number of nitrogens with zero attached hydrogens (tertiary/aromatic N) is 2. The summed E-state index contributed by atoms with van der Waals surface area (Å²) in [5, 5.41) is 13.3. The monoisotopic (exact) mass is 286 g/mol. The number of nitrogens with two attached hydrogens (primary N) is 1. The smallest absolute Gasteiger partial charge is 0.269 e. The number of aromatic nitrogens is 1. The molecule has 0 atom stereocenters. The van der Waals surface area contributed by atoms with E-state index in [0.29, 0.717) is 11.3 Å². The van der Waals surface area contributed by atoms with Crippen LogP contribution < -0.4 is 11.1 Å². The van der Waals surface area contributed by atoms with Crippen molar-refractivity contribution in [2.75, 3.05) is 0 Å². The minimum Gasteiger partial charge on any atom is -0.348 e. The van der Waals surface area contributed by atoms with Gasteiger partial charge in [-0.25, -0.2) is 0 Å². The first-order chi connectivity index (χ1) is 10.1. The molecule has 1 amide bonds. The highest BCUT2D eigenvalue weighted by atomic mass is 16.6. The molecule has 2 aromatic rings. The van der Waals surface area contributed by atoms with Gasteiger partial charge in [-0.15, -0.1) is 0 Å². The van der Waals surface area contributed by atoms with E-state index < -0.39 is 4.92 Å². The fourth-order valence-electron chi connectivity index (χ4n) is 1.75. The maximum absolute atomic E-state index is 12.0. The van der Waals surface area contributed by atoms with Crippen LogP contribution in [0.5, 0.6) is 0 Å². The van der Waals surface area contributed by atoms with Crippen molar-refractivity contribution in [1.82, 2.24) is 10.3 Å². The number of amides is 1. The van der Waals surface area contributed by atoms with Crippen molar-refractivity contribution in [3.05, 3.63) is 69.5 Å². The second-order valence-electron chi connectivity index (χ2n) is 4.35. The average Bonchev–Trinajstić information content (AvgIpc) is 2.53. The number of nitrogens with one attached hydrogen (secondary N) is 1. The fraction of sp³-hybridized carbons (Fsp3) is 0.143. The summed E-state index contributed by atoms with van der Waals surface area (Å²) in [6, 6.07) is 9.25. The molecule has 0 radical (unpaired) electrons. The lowest BCUT2D eigenvalue weighted by atomic mass is 10.2. The van der Waals surface area contributed by atoms with E-state index in [4.69, 9.17) is 5.73 Å². The van der Waals surface area contributed by atoms with E-state index in [2.05, 4.69) is 10.3 Å². The van der Waals surface area contributed by atoms with E-state index in [9.17, 15) is 14.9 Å². The first-order valence-corrected chi connectivity index (χ1v) is 6.26. The van der Waals surface area contributed by atoms with Crippen molar-refractivity contribution in [1.29, 1.82) is 0 Å². The number of pyridine rings is 1. The van der Waals surface area contributed by atoms with E-state index in [-0.39, 0.29) is 24.7 Å². The number of non-ortho nitro benzene ring substituents is 1. The summed E-state index contributed by atoms with van der Waals surface area (Å²) < 4.78 is 0. The SMILES string of the molecule is NCc1cc(C(=O)NCc2ccc([N+](=O)[O-])cc2)ccn1. The molecule has 0 aliphatic rings. The molecule has 2 rings (SSSR count). The molecule has 0 unspecified atom stereocenters. The molecule has 7 nitrogen and oxygen atoms in total. The zero-order valence-electron chi connectivity index (χ0n) is 11.2. The molecule has 0 fully saturated rings. The van der Waals surface area contributed by atoms with Gasteiger partial charge in [0.2, 0.25) is 0 Å². The number of benzene rings is 1. The van der Waals surface area contributed by atoms with Crippen molar-refractivity contribution < 1.29 is 9.72 Å². The number of rotatable bonds is 5. The van der Waals surface area contributed by atoms with Crippen LogP contribution >= 0.6 is 0 Å². The van der Waals surface area contributed by atoms with Gasteiger partial charge in [0.25, 0.3) is 11.6 Å². The van der Waals surface area contributed by atoms with Crippen LogP contribution in [0.1, 0.15) is 21.6 Å². The topological polar surface area (TPSA) is 111 Å². The lowest BCUT2D eigenvalue weighted by molar-refractivity contribution is -0.384. The summed E-state index contributed by atoms with van der Waals surface area (Å²) in [4.78, 5) is 26.1. The summed E-state index contributed by atoms with van der Waals surface area (Å²) in [7, 11) is 0. The number of carbonyl (C=O) groups is 1. The van der Waals surface area contributed by atoms with Gasteiger partial charge < -0.3 is 11.1 Å². The van der Waals surface area contributed by atoms with Gasteiger partial charge in [0.05, 0.1) is 10.6 Å². The highest BCUT2D eigenvalue weighted by Crippen LogP contribution is 2.11. The van der Waals surface area contributed by atoms with Crippen LogP contribution in [0.4, 0.5) is 5.69 Å². The zero-order valence-corrected chi connectivity index (χ0v) is 11.2. The van der Waals surface area contributed by atoms with Crippen molar-refractivity contribution in [2.24, 2.45) is 5.73 Å². The molecular weight excluding hydrogens is 272 g/mol. The van der Waals surface area contributed by atoms with Gasteiger partial charge >= 0.3 is 0 Å². The lowest BCUT2D eigenvalue weighted by Gasteiger charge is -2.06. The molecule has 0 bridgehead atoms.